The van der Waals surface area contributed by atoms with Gasteiger partial charge in [-0.2, -0.15) is 0 Å². The highest BCUT2D eigenvalue weighted by Crippen LogP contribution is 2.36. The highest BCUT2D eigenvalue weighted by atomic mass is 14.3. The van der Waals surface area contributed by atoms with Gasteiger partial charge in [-0.3, -0.25) is 0 Å². The second kappa shape index (κ2) is 3.70. The van der Waals surface area contributed by atoms with E-state index < -0.39 is 0 Å². The molecule has 22 heavy (non-hydrogen) atoms. The molecule has 0 heteroatoms. The van der Waals surface area contributed by atoms with Crippen LogP contribution >= 0.6 is 0 Å². The highest BCUT2D eigenvalue weighted by Gasteiger charge is 2.23. The summed E-state index contributed by atoms with van der Waals surface area (Å²) in [6.07, 6.45) is 23.5. The summed E-state index contributed by atoms with van der Waals surface area (Å²) in [7, 11) is 0. The Kier molecular flexibility index (Phi) is 1.89. The molecule has 2 aromatic rings. The number of fused-ring (bicyclic) bond motifs is 11. The van der Waals surface area contributed by atoms with Crippen molar-refractivity contribution in [2.45, 2.75) is 25.7 Å². The van der Waals surface area contributed by atoms with E-state index in [1.165, 1.54) is 42.8 Å². The van der Waals surface area contributed by atoms with E-state index in [1.807, 2.05) is 0 Å². The third-order valence-corrected chi connectivity index (χ3v) is 5.71. The summed E-state index contributed by atoms with van der Waals surface area (Å²) in [6.45, 7) is 0. The van der Waals surface area contributed by atoms with Crippen LogP contribution in [-0.2, 0) is 12.8 Å². The highest BCUT2D eigenvalue weighted by molar-refractivity contribution is 6.03. The summed E-state index contributed by atoms with van der Waals surface area (Å²) in [5.74, 6) is 0. The molecule has 0 fully saturated rings. The minimum Gasteiger partial charge on any atom is -0.0795 e. The smallest absolute Gasteiger partial charge is 0.00207 e. The van der Waals surface area contributed by atoms with E-state index in [0.717, 1.165) is 25.7 Å². The maximum absolute atomic E-state index is 2.43. The lowest BCUT2D eigenvalue weighted by atomic mass is 9.89. The standard InChI is InChI=1S/C22H16/c1-5-13-14-6-2-10-18(14)22-20-12-4-8-16(20)15-7-3-11-19(15)21(22)17(13)9-1/h1-2,7-12H,3-6H2. The normalized spacial score (nSPS) is 18.4. The van der Waals surface area contributed by atoms with Gasteiger partial charge in [-0.1, -0.05) is 48.6 Å². The topological polar surface area (TPSA) is 0 Å². The van der Waals surface area contributed by atoms with Gasteiger partial charge in [0.1, 0.15) is 0 Å². The number of hydrogen-bond donors (Lipinski definition) is 0. The van der Waals surface area contributed by atoms with E-state index >= 15 is 0 Å². The molecule has 0 aromatic heterocycles. The Morgan fingerprint density at radius 1 is 0.545 bits per heavy atom. The zero-order valence-electron chi connectivity index (χ0n) is 12.4. The molecule has 0 saturated heterocycles. The van der Waals surface area contributed by atoms with Crippen molar-refractivity contribution in [3.8, 4) is 0 Å². The summed E-state index contributed by atoms with van der Waals surface area (Å²) >= 11 is 0. The Hall–Kier alpha value is -2.34. The fourth-order valence-corrected chi connectivity index (χ4v) is 4.89. The Morgan fingerprint density at radius 3 is 1.50 bits per heavy atom. The summed E-state index contributed by atoms with van der Waals surface area (Å²) in [5.41, 5.74) is 6.17. The van der Waals surface area contributed by atoms with E-state index in [1.54, 1.807) is 11.1 Å². The Bertz CT molecular complexity index is 1100. The van der Waals surface area contributed by atoms with Gasteiger partial charge in [0.25, 0.3) is 0 Å². The van der Waals surface area contributed by atoms with Gasteiger partial charge < -0.3 is 0 Å². The number of allylic oxidation sites excluding steroid dienone is 2. The zero-order chi connectivity index (χ0) is 14.3. The van der Waals surface area contributed by atoms with Crippen LogP contribution < -0.4 is 20.9 Å². The summed E-state index contributed by atoms with van der Waals surface area (Å²) < 4.78 is 0. The second-order valence-corrected chi connectivity index (χ2v) is 6.69. The number of rotatable bonds is 0. The molecule has 0 amide bonds. The molecule has 0 aliphatic heterocycles. The molecule has 104 valence electrons. The van der Waals surface area contributed by atoms with Gasteiger partial charge in [-0.25, -0.2) is 0 Å². The molecule has 6 rings (SSSR count). The van der Waals surface area contributed by atoms with Crippen LogP contribution in [0.1, 0.15) is 35.1 Å². The molecule has 0 saturated carbocycles. The molecule has 0 unspecified atom stereocenters. The minimum atomic E-state index is 1.08. The molecule has 0 radical (unpaired) electrons. The van der Waals surface area contributed by atoms with Crippen LogP contribution in [0.15, 0.2) is 12.2 Å². The number of benzene rings is 2. The molecule has 0 atom stereocenters. The first-order chi connectivity index (χ1) is 10.9. The zero-order valence-corrected chi connectivity index (χ0v) is 12.4. The van der Waals surface area contributed by atoms with Gasteiger partial charge in [-0.15, -0.1) is 0 Å². The first kappa shape index (κ1) is 11.3. The first-order valence-electron chi connectivity index (χ1n) is 8.31. The Labute approximate surface area is 128 Å². The monoisotopic (exact) mass is 280 g/mol. The van der Waals surface area contributed by atoms with Gasteiger partial charge >= 0.3 is 0 Å². The lowest BCUT2D eigenvalue weighted by Gasteiger charge is -2.14. The summed E-state index contributed by atoms with van der Waals surface area (Å²) in [6, 6.07) is 0. The van der Waals surface area contributed by atoms with Gasteiger partial charge in [0.2, 0.25) is 0 Å². The number of hydrogen-bond acceptors (Lipinski definition) is 0. The predicted octanol–water partition coefficient (Wildman–Crippen LogP) is 1.91. The summed E-state index contributed by atoms with van der Waals surface area (Å²) in [4.78, 5) is 0. The maximum atomic E-state index is 2.43. The van der Waals surface area contributed by atoms with E-state index in [4.69, 9.17) is 0 Å². The van der Waals surface area contributed by atoms with Crippen molar-refractivity contribution in [3.63, 3.8) is 0 Å². The lowest BCUT2D eigenvalue weighted by molar-refractivity contribution is 1.19. The Morgan fingerprint density at radius 2 is 1.00 bits per heavy atom. The van der Waals surface area contributed by atoms with Gasteiger partial charge in [0, 0.05) is 0 Å². The van der Waals surface area contributed by atoms with Crippen molar-refractivity contribution in [1.29, 1.82) is 0 Å². The molecular formula is C22H16. The van der Waals surface area contributed by atoms with Gasteiger partial charge in [-0.05, 0) is 79.6 Å². The third kappa shape index (κ3) is 1.14. The van der Waals surface area contributed by atoms with Crippen molar-refractivity contribution in [2.75, 3.05) is 0 Å². The predicted molar refractivity (Wildman–Crippen MR) is 95.0 cm³/mol. The minimum absolute atomic E-state index is 1.08. The van der Waals surface area contributed by atoms with Crippen molar-refractivity contribution < 1.29 is 0 Å². The molecule has 0 nitrogen and oxygen atoms in total. The van der Waals surface area contributed by atoms with Crippen LogP contribution in [0, 0.1) is 0 Å². The van der Waals surface area contributed by atoms with E-state index in [-0.39, 0.29) is 0 Å². The first-order valence-corrected chi connectivity index (χ1v) is 8.31. The molecule has 0 bridgehead atoms. The molecule has 0 heterocycles. The van der Waals surface area contributed by atoms with E-state index in [0.29, 0.717) is 0 Å². The van der Waals surface area contributed by atoms with Crippen LogP contribution in [0.25, 0.3) is 47.2 Å². The van der Waals surface area contributed by atoms with Crippen LogP contribution in [0.4, 0.5) is 0 Å². The lowest BCUT2D eigenvalue weighted by Crippen LogP contribution is -2.46. The second-order valence-electron chi connectivity index (χ2n) is 6.69. The van der Waals surface area contributed by atoms with Crippen molar-refractivity contribution in [3.05, 3.63) is 55.3 Å². The molecule has 4 aliphatic rings. The molecular weight excluding hydrogens is 264 g/mol. The van der Waals surface area contributed by atoms with Gasteiger partial charge in [0.15, 0.2) is 0 Å². The largest absolute Gasteiger partial charge is 0.0795 e. The average Bonchev–Trinajstić information content (AvgIpc) is 3.28. The molecule has 0 N–H and O–H groups in total. The quantitative estimate of drug-likeness (QED) is 0.691. The van der Waals surface area contributed by atoms with Crippen molar-refractivity contribution >= 4 is 47.2 Å². The van der Waals surface area contributed by atoms with Crippen LogP contribution in [0.2, 0.25) is 0 Å². The fourth-order valence-electron chi connectivity index (χ4n) is 4.89. The Balaban J connectivity index is 2.08. The SMILES string of the molecule is C1=Cc2c(c3c(c4c5c(c6c(c24)=CCC=6)=CCC=5)C=CC3)C1. The van der Waals surface area contributed by atoms with Crippen LogP contribution in [0.5, 0.6) is 0 Å². The third-order valence-electron chi connectivity index (χ3n) is 5.71. The molecule has 4 aliphatic carbocycles. The average molecular weight is 280 g/mol. The maximum Gasteiger partial charge on any atom is -0.00207 e. The molecule has 0 spiro atoms. The molecule has 2 aromatic carbocycles. The van der Waals surface area contributed by atoms with Gasteiger partial charge in [0.05, 0.1) is 0 Å². The van der Waals surface area contributed by atoms with Crippen molar-refractivity contribution in [2.24, 2.45) is 0 Å². The van der Waals surface area contributed by atoms with Crippen molar-refractivity contribution in [1.82, 2.24) is 0 Å². The summed E-state index contributed by atoms with van der Waals surface area (Å²) in [5, 5.41) is 8.99. The van der Waals surface area contributed by atoms with E-state index in [9.17, 15) is 0 Å². The van der Waals surface area contributed by atoms with Crippen LogP contribution in [0.3, 0.4) is 0 Å². The fraction of sp³-hybridized carbons (Fsp3) is 0.182. The van der Waals surface area contributed by atoms with E-state index in [2.05, 4.69) is 48.6 Å². The van der Waals surface area contributed by atoms with Crippen LogP contribution in [-0.4, -0.2) is 0 Å².